The van der Waals surface area contributed by atoms with E-state index in [9.17, 15) is 9.59 Å². The van der Waals surface area contributed by atoms with Crippen molar-refractivity contribution in [1.29, 1.82) is 0 Å². The fourth-order valence-electron chi connectivity index (χ4n) is 1.26. The molecule has 15 heavy (non-hydrogen) atoms. The van der Waals surface area contributed by atoms with E-state index < -0.39 is 11.9 Å². The van der Waals surface area contributed by atoms with Gasteiger partial charge in [-0.2, -0.15) is 0 Å². The number of carbonyl (C=O) groups is 2. The number of aliphatic carboxylic acids is 2. The van der Waals surface area contributed by atoms with Crippen molar-refractivity contribution in [3.63, 3.8) is 0 Å². The highest BCUT2D eigenvalue weighted by atomic mass is 16.4. The summed E-state index contributed by atoms with van der Waals surface area (Å²) in [6.07, 6.45) is -0.327. The molecule has 0 fully saturated rings. The average molecular weight is 209 g/mol. The third kappa shape index (κ3) is 3.30. The maximum atomic E-state index is 10.5. The highest BCUT2D eigenvalue weighted by Gasteiger charge is 2.07. The van der Waals surface area contributed by atoms with Crippen molar-refractivity contribution in [2.24, 2.45) is 0 Å². The highest BCUT2D eigenvalue weighted by molar-refractivity contribution is 5.74. The van der Waals surface area contributed by atoms with E-state index in [1.54, 1.807) is 6.07 Å². The number of carboxylic acids is 2. The molecule has 0 bridgehead atoms. The number of hydrogen-bond acceptors (Lipinski definition) is 3. The molecule has 0 saturated carbocycles. The molecule has 0 aliphatic heterocycles. The van der Waals surface area contributed by atoms with E-state index in [0.29, 0.717) is 16.8 Å². The van der Waals surface area contributed by atoms with Crippen molar-refractivity contribution in [3.8, 4) is 0 Å². The number of carboxylic acid groups (broad SMARTS) is 2. The molecule has 0 amide bonds. The minimum Gasteiger partial charge on any atom is -0.481 e. The molecule has 0 aliphatic carbocycles. The molecule has 0 heterocycles. The fraction of sp³-hybridized carbons (Fsp3) is 0.200. The number of benzene rings is 1. The summed E-state index contributed by atoms with van der Waals surface area (Å²) in [5.41, 5.74) is 6.92. The Balaban J connectivity index is 2.94. The van der Waals surface area contributed by atoms with Gasteiger partial charge in [0.25, 0.3) is 0 Å². The van der Waals surface area contributed by atoms with Crippen LogP contribution in [0.2, 0.25) is 0 Å². The molecule has 5 heteroatoms. The van der Waals surface area contributed by atoms with Crippen LogP contribution in [-0.2, 0) is 22.4 Å². The summed E-state index contributed by atoms with van der Waals surface area (Å²) in [5.74, 6) is -1.95. The number of hydrogen-bond donors (Lipinski definition) is 3. The number of rotatable bonds is 4. The van der Waals surface area contributed by atoms with Gasteiger partial charge < -0.3 is 15.9 Å². The minimum atomic E-state index is -0.992. The molecule has 4 N–H and O–H groups in total. The van der Waals surface area contributed by atoms with Crippen molar-refractivity contribution >= 4 is 17.6 Å². The molecule has 0 aliphatic rings. The van der Waals surface area contributed by atoms with Gasteiger partial charge in [0, 0.05) is 5.69 Å². The first-order valence-electron chi connectivity index (χ1n) is 4.30. The molecule has 0 spiro atoms. The van der Waals surface area contributed by atoms with E-state index in [0.717, 1.165) is 0 Å². The summed E-state index contributed by atoms with van der Waals surface area (Å²) >= 11 is 0. The summed E-state index contributed by atoms with van der Waals surface area (Å²) in [5, 5.41) is 17.2. The van der Waals surface area contributed by atoms with Crippen molar-refractivity contribution in [3.05, 3.63) is 29.3 Å². The zero-order chi connectivity index (χ0) is 11.4. The lowest BCUT2D eigenvalue weighted by molar-refractivity contribution is -0.137. The molecule has 5 nitrogen and oxygen atoms in total. The fourth-order valence-corrected chi connectivity index (χ4v) is 1.26. The largest absolute Gasteiger partial charge is 0.481 e. The van der Waals surface area contributed by atoms with E-state index in [1.165, 1.54) is 12.1 Å². The Morgan fingerprint density at radius 3 is 2.27 bits per heavy atom. The molecule has 1 aromatic rings. The van der Waals surface area contributed by atoms with Crippen LogP contribution < -0.4 is 5.73 Å². The molecule has 1 aromatic carbocycles. The Morgan fingerprint density at radius 1 is 1.13 bits per heavy atom. The van der Waals surface area contributed by atoms with E-state index in [-0.39, 0.29) is 12.8 Å². The minimum absolute atomic E-state index is 0.132. The van der Waals surface area contributed by atoms with Crippen LogP contribution >= 0.6 is 0 Å². The van der Waals surface area contributed by atoms with Crippen molar-refractivity contribution in [1.82, 2.24) is 0 Å². The second-order valence-corrected chi connectivity index (χ2v) is 3.17. The summed E-state index contributed by atoms with van der Waals surface area (Å²) in [6, 6.07) is 4.61. The Hall–Kier alpha value is -2.04. The van der Waals surface area contributed by atoms with Crippen LogP contribution in [0.3, 0.4) is 0 Å². The summed E-state index contributed by atoms with van der Waals surface area (Å²) in [7, 11) is 0. The summed E-state index contributed by atoms with van der Waals surface area (Å²) < 4.78 is 0. The van der Waals surface area contributed by atoms with Crippen LogP contribution in [-0.4, -0.2) is 22.2 Å². The Morgan fingerprint density at radius 2 is 1.73 bits per heavy atom. The molecule has 0 saturated heterocycles. The first-order valence-corrected chi connectivity index (χ1v) is 4.30. The zero-order valence-corrected chi connectivity index (χ0v) is 7.93. The first kappa shape index (κ1) is 11.0. The molecule has 1 rings (SSSR count). The average Bonchev–Trinajstić information content (AvgIpc) is 2.09. The van der Waals surface area contributed by atoms with Gasteiger partial charge in [0.1, 0.15) is 0 Å². The Labute approximate surface area is 86.1 Å². The quantitative estimate of drug-likeness (QED) is 0.628. The molecule has 0 unspecified atom stereocenters. The molecule has 0 aromatic heterocycles. The SMILES string of the molecule is Nc1ccc(CC(=O)O)cc1CC(=O)O. The number of anilines is 1. The lowest BCUT2D eigenvalue weighted by atomic mass is 10.0. The monoisotopic (exact) mass is 209 g/mol. The van der Waals surface area contributed by atoms with Gasteiger partial charge in [-0.3, -0.25) is 9.59 Å². The van der Waals surface area contributed by atoms with Gasteiger partial charge in [-0.05, 0) is 17.2 Å². The third-order valence-electron chi connectivity index (χ3n) is 1.90. The van der Waals surface area contributed by atoms with Crippen molar-refractivity contribution in [2.45, 2.75) is 12.8 Å². The molecular weight excluding hydrogens is 198 g/mol. The van der Waals surface area contributed by atoms with Gasteiger partial charge in [0.2, 0.25) is 0 Å². The predicted octanol–water partition coefficient (Wildman–Crippen LogP) is 0.523. The van der Waals surface area contributed by atoms with E-state index in [2.05, 4.69) is 0 Å². The normalized spacial score (nSPS) is 9.87. The molecule has 0 atom stereocenters. The maximum Gasteiger partial charge on any atom is 0.307 e. The molecular formula is C10H11NO4. The van der Waals surface area contributed by atoms with Gasteiger partial charge in [-0.25, -0.2) is 0 Å². The Kier molecular flexibility index (Phi) is 3.28. The smallest absolute Gasteiger partial charge is 0.307 e. The van der Waals surface area contributed by atoms with E-state index >= 15 is 0 Å². The highest BCUT2D eigenvalue weighted by Crippen LogP contribution is 2.15. The number of nitrogens with two attached hydrogens (primary N) is 1. The van der Waals surface area contributed by atoms with Crippen LogP contribution in [0, 0.1) is 0 Å². The second kappa shape index (κ2) is 4.45. The van der Waals surface area contributed by atoms with Crippen LogP contribution in [0.25, 0.3) is 0 Å². The van der Waals surface area contributed by atoms with Gasteiger partial charge >= 0.3 is 11.9 Å². The van der Waals surface area contributed by atoms with Crippen molar-refractivity contribution in [2.75, 3.05) is 5.73 Å². The standard InChI is InChI=1S/C10H11NO4/c11-8-2-1-6(4-9(12)13)3-7(8)5-10(14)15/h1-3H,4-5,11H2,(H,12,13)(H,14,15). The maximum absolute atomic E-state index is 10.5. The van der Waals surface area contributed by atoms with Crippen LogP contribution in [0.15, 0.2) is 18.2 Å². The topological polar surface area (TPSA) is 101 Å². The van der Waals surface area contributed by atoms with Gasteiger partial charge in [-0.15, -0.1) is 0 Å². The molecule has 80 valence electrons. The van der Waals surface area contributed by atoms with Gasteiger partial charge in [0.15, 0.2) is 0 Å². The predicted molar refractivity (Wildman–Crippen MR) is 53.5 cm³/mol. The second-order valence-electron chi connectivity index (χ2n) is 3.17. The first-order chi connectivity index (χ1) is 6.99. The zero-order valence-electron chi connectivity index (χ0n) is 7.93. The van der Waals surface area contributed by atoms with Gasteiger partial charge in [-0.1, -0.05) is 12.1 Å². The lowest BCUT2D eigenvalue weighted by Crippen LogP contribution is -2.06. The van der Waals surface area contributed by atoms with Gasteiger partial charge in [0.05, 0.1) is 12.8 Å². The number of nitrogen functional groups attached to an aromatic ring is 1. The van der Waals surface area contributed by atoms with Crippen LogP contribution in [0.4, 0.5) is 5.69 Å². The molecule has 0 radical (unpaired) electrons. The lowest BCUT2D eigenvalue weighted by Gasteiger charge is -2.05. The van der Waals surface area contributed by atoms with Crippen LogP contribution in [0.1, 0.15) is 11.1 Å². The van der Waals surface area contributed by atoms with Crippen molar-refractivity contribution < 1.29 is 19.8 Å². The summed E-state index contributed by atoms with van der Waals surface area (Å²) in [6.45, 7) is 0. The van der Waals surface area contributed by atoms with Crippen LogP contribution in [0.5, 0.6) is 0 Å². The van der Waals surface area contributed by atoms with E-state index in [1.807, 2.05) is 0 Å². The summed E-state index contributed by atoms with van der Waals surface area (Å²) in [4.78, 5) is 20.9. The van der Waals surface area contributed by atoms with E-state index in [4.69, 9.17) is 15.9 Å². The Bertz CT molecular complexity index is 400. The third-order valence-corrected chi connectivity index (χ3v) is 1.90.